The number of oxazole rings is 1. The number of thiophene rings is 1. The third-order valence-electron chi connectivity index (χ3n) is 3.66. The molecule has 6 heteroatoms. The molecule has 0 N–H and O–H groups in total. The van der Waals surface area contributed by atoms with Gasteiger partial charge in [0.15, 0.2) is 11.7 Å². The molecule has 0 aliphatic rings. The van der Waals surface area contributed by atoms with Crippen LogP contribution in [0.25, 0.3) is 11.3 Å². The summed E-state index contributed by atoms with van der Waals surface area (Å²) in [5.41, 5.74) is 1.89. The molecule has 0 aliphatic carbocycles. The first-order valence-corrected chi connectivity index (χ1v) is 8.52. The number of rotatable bonds is 6. The van der Waals surface area contributed by atoms with Crippen molar-refractivity contribution in [2.75, 3.05) is 7.05 Å². The normalized spacial score (nSPS) is 10.8. The highest BCUT2D eigenvalue weighted by Gasteiger charge is 2.12. The Labute approximate surface area is 143 Å². The van der Waals surface area contributed by atoms with E-state index in [2.05, 4.69) is 4.98 Å². The van der Waals surface area contributed by atoms with Crippen molar-refractivity contribution in [2.24, 2.45) is 0 Å². The van der Waals surface area contributed by atoms with Crippen molar-refractivity contribution in [3.63, 3.8) is 0 Å². The second kappa shape index (κ2) is 7.40. The maximum Gasteiger partial charge on any atom is 0.223 e. The van der Waals surface area contributed by atoms with Crippen LogP contribution in [0.3, 0.4) is 0 Å². The summed E-state index contributed by atoms with van der Waals surface area (Å²) in [5, 5.41) is 4.03. The van der Waals surface area contributed by atoms with Gasteiger partial charge in [-0.1, -0.05) is 0 Å². The summed E-state index contributed by atoms with van der Waals surface area (Å²) in [6.45, 7) is 0.606. The molecule has 0 fully saturated rings. The van der Waals surface area contributed by atoms with E-state index in [1.807, 2.05) is 16.8 Å². The lowest BCUT2D eigenvalue weighted by atomic mass is 10.2. The summed E-state index contributed by atoms with van der Waals surface area (Å²) in [6.07, 6.45) is 2.38. The minimum atomic E-state index is -0.294. The molecule has 0 saturated carbocycles. The van der Waals surface area contributed by atoms with Crippen LogP contribution >= 0.6 is 11.3 Å². The Morgan fingerprint density at radius 3 is 2.79 bits per heavy atom. The van der Waals surface area contributed by atoms with Crippen molar-refractivity contribution in [1.29, 1.82) is 0 Å². The molecular weight excluding hydrogens is 327 g/mol. The molecule has 3 aromatic rings. The van der Waals surface area contributed by atoms with Crippen molar-refractivity contribution >= 4 is 17.2 Å². The summed E-state index contributed by atoms with van der Waals surface area (Å²) in [4.78, 5) is 18.1. The third kappa shape index (κ3) is 4.08. The smallest absolute Gasteiger partial charge is 0.223 e. The molecule has 2 aromatic heterocycles. The Balaban J connectivity index is 1.55. The molecule has 1 amide bonds. The van der Waals surface area contributed by atoms with Gasteiger partial charge in [0.25, 0.3) is 0 Å². The van der Waals surface area contributed by atoms with E-state index in [0.29, 0.717) is 31.0 Å². The quantitative estimate of drug-likeness (QED) is 0.675. The van der Waals surface area contributed by atoms with Crippen LogP contribution < -0.4 is 0 Å². The SMILES string of the molecule is CN(Cc1ccsc1)C(=O)CCc1ncc(-c2ccc(F)cc2)o1. The number of amides is 1. The molecule has 0 radical (unpaired) electrons. The fourth-order valence-electron chi connectivity index (χ4n) is 2.32. The van der Waals surface area contributed by atoms with Gasteiger partial charge in [-0.3, -0.25) is 4.79 Å². The lowest BCUT2D eigenvalue weighted by Crippen LogP contribution is -2.26. The van der Waals surface area contributed by atoms with Crippen molar-refractivity contribution < 1.29 is 13.6 Å². The van der Waals surface area contributed by atoms with E-state index >= 15 is 0 Å². The number of halogens is 1. The van der Waals surface area contributed by atoms with Crippen molar-refractivity contribution in [3.05, 3.63) is 64.6 Å². The minimum Gasteiger partial charge on any atom is -0.441 e. The summed E-state index contributed by atoms with van der Waals surface area (Å²) < 4.78 is 18.6. The van der Waals surface area contributed by atoms with E-state index < -0.39 is 0 Å². The van der Waals surface area contributed by atoms with E-state index in [1.54, 1.807) is 41.6 Å². The predicted molar refractivity (Wildman–Crippen MR) is 91.0 cm³/mol. The van der Waals surface area contributed by atoms with Gasteiger partial charge in [-0.2, -0.15) is 11.3 Å². The van der Waals surface area contributed by atoms with Crippen LogP contribution in [0.4, 0.5) is 4.39 Å². The second-order valence-electron chi connectivity index (χ2n) is 5.51. The lowest BCUT2D eigenvalue weighted by molar-refractivity contribution is -0.130. The number of aromatic nitrogens is 1. The molecule has 3 rings (SSSR count). The number of aryl methyl sites for hydroxylation is 1. The van der Waals surface area contributed by atoms with Gasteiger partial charge in [-0.15, -0.1) is 0 Å². The Bertz CT molecular complexity index is 797. The Morgan fingerprint density at radius 1 is 1.29 bits per heavy atom. The first-order valence-electron chi connectivity index (χ1n) is 7.57. The van der Waals surface area contributed by atoms with Crippen LogP contribution in [-0.2, 0) is 17.8 Å². The van der Waals surface area contributed by atoms with Gasteiger partial charge in [-0.05, 0) is 46.7 Å². The maximum absolute atomic E-state index is 12.9. The number of benzene rings is 1. The van der Waals surface area contributed by atoms with E-state index in [9.17, 15) is 9.18 Å². The van der Waals surface area contributed by atoms with Crippen LogP contribution in [-0.4, -0.2) is 22.8 Å². The van der Waals surface area contributed by atoms with Gasteiger partial charge in [0.2, 0.25) is 5.91 Å². The first kappa shape index (κ1) is 16.4. The van der Waals surface area contributed by atoms with Crippen LogP contribution in [0.1, 0.15) is 17.9 Å². The van der Waals surface area contributed by atoms with Crippen molar-refractivity contribution in [2.45, 2.75) is 19.4 Å². The Kier molecular flexibility index (Phi) is 5.05. The number of hydrogen-bond donors (Lipinski definition) is 0. The van der Waals surface area contributed by atoms with Gasteiger partial charge in [0.1, 0.15) is 5.82 Å². The average Bonchev–Trinajstić information content (AvgIpc) is 3.25. The third-order valence-corrected chi connectivity index (χ3v) is 4.39. The van der Waals surface area contributed by atoms with E-state index in [0.717, 1.165) is 11.1 Å². The summed E-state index contributed by atoms with van der Waals surface area (Å²) in [6, 6.07) is 8.04. The zero-order valence-corrected chi connectivity index (χ0v) is 14.1. The minimum absolute atomic E-state index is 0.0442. The molecule has 0 atom stereocenters. The Morgan fingerprint density at radius 2 is 2.08 bits per heavy atom. The summed E-state index contributed by atoms with van der Waals surface area (Å²) in [7, 11) is 1.79. The molecule has 4 nitrogen and oxygen atoms in total. The van der Waals surface area contributed by atoms with Crippen molar-refractivity contribution in [1.82, 2.24) is 9.88 Å². The fourth-order valence-corrected chi connectivity index (χ4v) is 2.98. The molecule has 2 heterocycles. The van der Waals surface area contributed by atoms with Crippen LogP contribution in [0.2, 0.25) is 0 Å². The molecule has 0 bridgehead atoms. The van der Waals surface area contributed by atoms with Crippen LogP contribution in [0.15, 0.2) is 51.7 Å². The standard InChI is InChI=1S/C18H17FN2O2S/c1-21(11-13-8-9-24-12-13)18(22)7-6-17-20-10-16(23-17)14-2-4-15(19)5-3-14/h2-5,8-10,12H,6-7,11H2,1H3. The Hall–Kier alpha value is -2.47. The van der Waals surface area contributed by atoms with E-state index in [4.69, 9.17) is 4.42 Å². The topological polar surface area (TPSA) is 46.3 Å². The number of carbonyl (C=O) groups excluding carboxylic acids is 1. The zero-order chi connectivity index (χ0) is 16.9. The summed E-state index contributed by atoms with van der Waals surface area (Å²) in [5.74, 6) is 0.830. The molecule has 1 aromatic carbocycles. The highest BCUT2D eigenvalue weighted by molar-refractivity contribution is 7.07. The van der Waals surface area contributed by atoms with Crippen LogP contribution in [0, 0.1) is 5.82 Å². The molecule has 124 valence electrons. The van der Waals surface area contributed by atoms with Crippen molar-refractivity contribution in [3.8, 4) is 11.3 Å². The number of carbonyl (C=O) groups is 1. The second-order valence-corrected chi connectivity index (χ2v) is 6.29. The predicted octanol–water partition coefficient (Wildman–Crippen LogP) is 4.13. The lowest BCUT2D eigenvalue weighted by Gasteiger charge is -2.15. The molecule has 0 aliphatic heterocycles. The highest BCUT2D eigenvalue weighted by atomic mass is 32.1. The molecule has 0 saturated heterocycles. The number of nitrogens with zero attached hydrogens (tertiary/aromatic N) is 2. The van der Waals surface area contributed by atoms with Gasteiger partial charge in [-0.25, -0.2) is 9.37 Å². The average molecular weight is 344 g/mol. The largest absolute Gasteiger partial charge is 0.441 e. The molecule has 24 heavy (non-hydrogen) atoms. The van der Waals surface area contributed by atoms with Gasteiger partial charge < -0.3 is 9.32 Å². The highest BCUT2D eigenvalue weighted by Crippen LogP contribution is 2.21. The number of hydrogen-bond acceptors (Lipinski definition) is 4. The van der Waals surface area contributed by atoms with E-state index in [1.165, 1.54) is 12.1 Å². The van der Waals surface area contributed by atoms with Crippen LogP contribution in [0.5, 0.6) is 0 Å². The monoisotopic (exact) mass is 344 g/mol. The van der Waals surface area contributed by atoms with Gasteiger partial charge in [0.05, 0.1) is 6.20 Å². The maximum atomic E-state index is 12.9. The van der Waals surface area contributed by atoms with Gasteiger partial charge in [0, 0.05) is 32.0 Å². The molecule has 0 unspecified atom stereocenters. The fraction of sp³-hybridized carbons (Fsp3) is 0.222. The molecule has 0 spiro atoms. The summed E-state index contributed by atoms with van der Waals surface area (Å²) >= 11 is 1.62. The van der Waals surface area contributed by atoms with Gasteiger partial charge >= 0.3 is 0 Å². The van der Waals surface area contributed by atoms with E-state index in [-0.39, 0.29) is 11.7 Å². The zero-order valence-electron chi connectivity index (χ0n) is 13.2. The molecular formula is C18H17FN2O2S. The first-order chi connectivity index (χ1) is 11.6.